The number of piperidine rings is 1. The van der Waals surface area contributed by atoms with Crippen molar-refractivity contribution in [2.24, 2.45) is 5.92 Å². The molecule has 4 heteroatoms. The van der Waals surface area contributed by atoms with E-state index >= 15 is 0 Å². The van der Waals surface area contributed by atoms with Crippen LogP contribution in [0.3, 0.4) is 0 Å². The summed E-state index contributed by atoms with van der Waals surface area (Å²) < 4.78 is 5.18. The first-order valence-electron chi connectivity index (χ1n) is 5.80. The first-order valence-corrected chi connectivity index (χ1v) is 5.80. The van der Waals surface area contributed by atoms with Crippen molar-refractivity contribution in [2.45, 2.75) is 32.7 Å². The molecule has 0 aromatic carbocycles. The molecule has 0 spiro atoms. The number of hydrogen-bond donors (Lipinski definition) is 2. The van der Waals surface area contributed by atoms with Crippen molar-refractivity contribution < 1.29 is 9.53 Å². The van der Waals surface area contributed by atoms with Crippen molar-refractivity contribution in [1.29, 1.82) is 0 Å². The highest BCUT2D eigenvalue weighted by molar-refractivity contribution is 5.81. The fourth-order valence-electron chi connectivity index (χ4n) is 2.24. The SMILES string of the molecule is CCNC1(C(=O)OCC)CCNCC1C. The zero-order chi connectivity index (χ0) is 11.3. The van der Waals surface area contributed by atoms with Gasteiger partial charge in [-0.1, -0.05) is 13.8 Å². The summed E-state index contributed by atoms with van der Waals surface area (Å²) >= 11 is 0. The normalized spacial score (nSPS) is 31.3. The largest absolute Gasteiger partial charge is 0.465 e. The maximum absolute atomic E-state index is 12.0. The Morgan fingerprint density at radius 1 is 1.60 bits per heavy atom. The molecule has 0 amide bonds. The first-order chi connectivity index (χ1) is 7.17. The van der Waals surface area contributed by atoms with E-state index in [4.69, 9.17) is 4.74 Å². The number of likely N-dealkylation sites (N-methyl/N-ethyl adjacent to an activating group) is 1. The van der Waals surface area contributed by atoms with E-state index in [1.54, 1.807) is 0 Å². The second-order valence-corrected chi connectivity index (χ2v) is 4.08. The molecule has 2 N–H and O–H groups in total. The van der Waals surface area contributed by atoms with Crippen LogP contribution in [0.25, 0.3) is 0 Å². The molecule has 1 rings (SSSR count). The predicted molar refractivity (Wildman–Crippen MR) is 59.7 cm³/mol. The molecular formula is C11H22N2O2. The topological polar surface area (TPSA) is 50.4 Å². The van der Waals surface area contributed by atoms with Crippen LogP contribution in [0.15, 0.2) is 0 Å². The van der Waals surface area contributed by atoms with Gasteiger partial charge in [0, 0.05) is 6.54 Å². The number of rotatable bonds is 4. The molecule has 0 aliphatic carbocycles. The highest BCUT2D eigenvalue weighted by atomic mass is 16.5. The summed E-state index contributed by atoms with van der Waals surface area (Å²) in [5.41, 5.74) is -0.476. The Kier molecular flexibility index (Phi) is 4.54. The minimum Gasteiger partial charge on any atom is -0.465 e. The minimum absolute atomic E-state index is 0.0964. The number of carbonyl (C=O) groups is 1. The summed E-state index contributed by atoms with van der Waals surface area (Å²) in [5.74, 6) is 0.172. The third-order valence-electron chi connectivity index (χ3n) is 3.12. The third kappa shape index (κ3) is 2.49. The van der Waals surface area contributed by atoms with Crippen LogP contribution in [0.2, 0.25) is 0 Å². The Balaban J connectivity index is 2.79. The lowest BCUT2D eigenvalue weighted by molar-refractivity contribution is -0.154. The van der Waals surface area contributed by atoms with E-state index in [1.165, 1.54) is 0 Å². The van der Waals surface area contributed by atoms with E-state index in [0.29, 0.717) is 6.61 Å². The average molecular weight is 214 g/mol. The van der Waals surface area contributed by atoms with Gasteiger partial charge >= 0.3 is 5.97 Å². The van der Waals surface area contributed by atoms with Gasteiger partial charge in [0.2, 0.25) is 0 Å². The Hall–Kier alpha value is -0.610. The summed E-state index contributed by atoms with van der Waals surface area (Å²) in [7, 11) is 0. The van der Waals surface area contributed by atoms with Gasteiger partial charge in [-0.2, -0.15) is 0 Å². The summed E-state index contributed by atoms with van der Waals surface area (Å²) in [5, 5.41) is 6.61. The molecule has 1 aliphatic heterocycles. The summed E-state index contributed by atoms with van der Waals surface area (Å²) in [6, 6.07) is 0. The van der Waals surface area contributed by atoms with Gasteiger partial charge in [0.15, 0.2) is 0 Å². The summed E-state index contributed by atoms with van der Waals surface area (Å²) in [6.07, 6.45) is 0.806. The molecule has 0 bridgehead atoms. The highest BCUT2D eigenvalue weighted by Gasteiger charge is 2.45. The quantitative estimate of drug-likeness (QED) is 0.670. The fourth-order valence-corrected chi connectivity index (χ4v) is 2.24. The molecule has 1 saturated heterocycles. The highest BCUT2D eigenvalue weighted by Crippen LogP contribution is 2.25. The van der Waals surface area contributed by atoms with Crippen LogP contribution >= 0.6 is 0 Å². The molecule has 88 valence electrons. The average Bonchev–Trinajstić information content (AvgIpc) is 2.22. The monoisotopic (exact) mass is 214 g/mol. The molecule has 1 fully saturated rings. The Morgan fingerprint density at radius 2 is 2.33 bits per heavy atom. The summed E-state index contributed by atoms with van der Waals surface area (Å²) in [4.78, 5) is 12.0. The van der Waals surface area contributed by atoms with E-state index < -0.39 is 5.54 Å². The standard InChI is InChI=1S/C11H22N2O2/c1-4-13-11(10(14)15-5-2)6-7-12-8-9(11)3/h9,12-13H,4-8H2,1-3H3. The predicted octanol–water partition coefficient (Wildman–Crippen LogP) is 0.527. The van der Waals surface area contributed by atoms with Gasteiger partial charge in [-0.25, -0.2) is 0 Å². The minimum atomic E-state index is -0.476. The lowest BCUT2D eigenvalue weighted by atomic mass is 9.79. The van der Waals surface area contributed by atoms with Gasteiger partial charge < -0.3 is 15.4 Å². The molecule has 0 aromatic heterocycles. The van der Waals surface area contributed by atoms with E-state index in [0.717, 1.165) is 26.1 Å². The van der Waals surface area contributed by atoms with Crippen LogP contribution in [0.5, 0.6) is 0 Å². The summed E-state index contributed by atoms with van der Waals surface area (Å²) in [6.45, 7) is 8.95. The lowest BCUT2D eigenvalue weighted by Crippen LogP contribution is -2.63. The molecule has 2 unspecified atom stereocenters. The van der Waals surface area contributed by atoms with Gasteiger partial charge in [0.1, 0.15) is 5.54 Å². The number of esters is 1. The van der Waals surface area contributed by atoms with Crippen molar-refractivity contribution in [3.8, 4) is 0 Å². The van der Waals surface area contributed by atoms with Gasteiger partial charge in [-0.05, 0) is 32.4 Å². The van der Waals surface area contributed by atoms with Gasteiger partial charge in [0.05, 0.1) is 6.61 Å². The van der Waals surface area contributed by atoms with Gasteiger partial charge in [-0.3, -0.25) is 4.79 Å². The number of nitrogens with one attached hydrogen (secondary N) is 2. The molecule has 4 nitrogen and oxygen atoms in total. The lowest BCUT2D eigenvalue weighted by Gasteiger charge is -2.41. The second kappa shape index (κ2) is 5.47. The molecule has 15 heavy (non-hydrogen) atoms. The van der Waals surface area contributed by atoms with E-state index in [1.807, 2.05) is 13.8 Å². The van der Waals surface area contributed by atoms with Crippen molar-refractivity contribution >= 4 is 5.97 Å². The molecule has 0 saturated carbocycles. The van der Waals surface area contributed by atoms with E-state index in [2.05, 4.69) is 17.6 Å². The Bertz CT molecular complexity index is 217. The Labute approximate surface area is 91.8 Å². The zero-order valence-corrected chi connectivity index (χ0v) is 9.93. The van der Waals surface area contributed by atoms with Crippen LogP contribution in [-0.4, -0.2) is 37.7 Å². The van der Waals surface area contributed by atoms with Gasteiger partial charge in [0.25, 0.3) is 0 Å². The maximum Gasteiger partial charge on any atom is 0.326 e. The van der Waals surface area contributed by atoms with E-state index in [-0.39, 0.29) is 11.9 Å². The van der Waals surface area contributed by atoms with Crippen molar-refractivity contribution in [2.75, 3.05) is 26.2 Å². The van der Waals surface area contributed by atoms with Crippen LogP contribution in [0.4, 0.5) is 0 Å². The fraction of sp³-hybridized carbons (Fsp3) is 0.909. The van der Waals surface area contributed by atoms with Crippen LogP contribution in [0.1, 0.15) is 27.2 Å². The smallest absolute Gasteiger partial charge is 0.326 e. The third-order valence-corrected chi connectivity index (χ3v) is 3.12. The molecule has 0 radical (unpaired) electrons. The molecule has 2 atom stereocenters. The van der Waals surface area contributed by atoms with Crippen LogP contribution < -0.4 is 10.6 Å². The Morgan fingerprint density at radius 3 is 2.87 bits per heavy atom. The van der Waals surface area contributed by atoms with Crippen molar-refractivity contribution in [3.05, 3.63) is 0 Å². The number of carbonyl (C=O) groups excluding carboxylic acids is 1. The number of hydrogen-bond acceptors (Lipinski definition) is 4. The van der Waals surface area contributed by atoms with E-state index in [9.17, 15) is 4.79 Å². The first kappa shape index (κ1) is 12.5. The number of ether oxygens (including phenoxy) is 1. The van der Waals surface area contributed by atoms with Gasteiger partial charge in [-0.15, -0.1) is 0 Å². The van der Waals surface area contributed by atoms with Crippen LogP contribution in [0, 0.1) is 5.92 Å². The van der Waals surface area contributed by atoms with Crippen molar-refractivity contribution in [1.82, 2.24) is 10.6 Å². The second-order valence-electron chi connectivity index (χ2n) is 4.08. The maximum atomic E-state index is 12.0. The molecule has 0 aromatic rings. The van der Waals surface area contributed by atoms with Crippen LogP contribution in [-0.2, 0) is 9.53 Å². The molecule has 1 heterocycles. The molecule has 1 aliphatic rings. The molecular weight excluding hydrogens is 192 g/mol. The zero-order valence-electron chi connectivity index (χ0n) is 9.93. The van der Waals surface area contributed by atoms with Crippen molar-refractivity contribution in [3.63, 3.8) is 0 Å².